The topological polar surface area (TPSA) is 112 Å². The van der Waals surface area contributed by atoms with Crippen molar-refractivity contribution >= 4 is 17.0 Å². The molecule has 0 aliphatic carbocycles. The van der Waals surface area contributed by atoms with Gasteiger partial charge in [0.15, 0.2) is 0 Å². The van der Waals surface area contributed by atoms with E-state index in [1.54, 1.807) is 0 Å². The molecule has 0 radical (unpaired) electrons. The van der Waals surface area contributed by atoms with Crippen molar-refractivity contribution in [3.8, 4) is 6.07 Å². The Labute approximate surface area is 207 Å². The average molecular weight is 477 g/mol. The van der Waals surface area contributed by atoms with Gasteiger partial charge in [-0.25, -0.2) is 4.79 Å². The van der Waals surface area contributed by atoms with E-state index in [0.29, 0.717) is 12.1 Å². The van der Waals surface area contributed by atoms with Crippen molar-refractivity contribution in [1.29, 1.82) is 5.26 Å². The molecule has 3 heterocycles. The lowest BCUT2D eigenvalue weighted by atomic mass is 10.1. The highest BCUT2D eigenvalue weighted by molar-refractivity contribution is 5.67. The molecule has 0 unspecified atom stereocenters. The van der Waals surface area contributed by atoms with E-state index in [1.807, 2.05) is 101 Å². The number of anilines is 2. The minimum absolute atomic E-state index is 0.0748. The van der Waals surface area contributed by atoms with Crippen LogP contribution in [0.2, 0.25) is 0 Å². The van der Waals surface area contributed by atoms with E-state index in [2.05, 4.69) is 11.1 Å². The van der Waals surface area contributed by atoms with Crippen molar-refractivity contribution in [2.45, 2.75) is 19.6 Å². The van der Waals surface area contributed by atoms with Gasteiger partial charge in [-0.3, -0.25) is 14.3 Å². The van der Waals surface area contributed by atoms with Gasteiger partial charge in [-0.2, -0.15) is 5.26 Å². The minimum Gasteiger partial charge on any atom is -0.383 e. The third-order valence-electron chi connectivity index (χ3n) is 6.17. The average Bonchev–Trinajstić information content (AvgIpc) is 3.24. The smallest absolute Gasteiger partial charge is 0.330 e. The second kappa shape index (κ2) is 9.68. The van der Waals surface area contributed by atoms with E-state index < -0.39 is 11.2 Å². The van der Waals surface area contributed by atoms with Crippen molar-refractivity contribution in [1.82, 2.24) is 14.0 Å². The zero-order valence-electron chi connectivity index (χ0n) is 19.5. The first kappa shape index (κ1) is 22.7. The van der Waals surface area contributed by atoms with Crippen molar-refractivity contribution in [3.63, 3.8) is 0 Å². The number of nitrogens with one attached hydrogen (secondary N) is 1. The lowest BCUT2D eigenvalue weighted by Crippen LogP contribution is -2.38. The highest BCUT2D eigenvalue weighted by atomic mass is 16.2. The molecule has 8 heteroatoms. The zero-order valence-corrected chi connectivity index (χ0v) is 19.5. The van der Waals surface area contributed by atoms with Crippen LogP contribution in [0.15, 0.2) is 101 Å². The molecule has 0 atom stereocenters. The zero-order chi connectivity index (χ0) is 25.1. The molecule has 8 nitrogen and oxygen atoms in total. The van der Waals surface area contributed by atoms with Crippen LogP contribution in [0, 0.1) is 11.3 Å². The van der Waals surface area contributed by atoms with Crippen LogP contribution in [0.1, 0.15) is 22.3 Å². The molecule has 0 amide bonds. The third kappa shape index (κ3) is 4.38. The summed E-state index contributed by atoms with van der Waals surface area (Å²) in [4.78, 5) is 30.1. The first-order valence-electron chi connectivity index (χ1n) is 11.5. The molecular weight excluding hydrogens is 452 g/mol. The van der Waals surface area contributed by atoms with Crippen LogP contribution in [0.5, 0.6) is 0 Å². The monoisotopic (exact) mass is 476 g/mol. The van der Waals surface area contributed by atoms with Crippen LogP contribution in [0.3, 0.4) is 0 Å². The van der Waals surface area contributed by atoms with Gasteiger partial charge in [-0.05, 0) is 23.3 Å². The fourth-order valence-electron chi connectivity index (χ4n) is 4.46. The first-order valence-corrected chi connectivity index (χ1v) is 11.5. The maximum atomic E-state index is 13.2. The summed E-state index contributed by atoms with van der Waals surface area (Å²) in [5.41, 5.74) is 9.46. The molecule has 178 valence electrons. The van der Waals surface area contributed by atoms with Gasteiger partial charge in [-0.1, -0.05) is 66.7 Å². The van der Waals surface area contributed by atoms with Crippen LogP contribution in [-0.4, -0.2) is 14.0 Å². The van der Waals surface area contributed by atoms with Crippen molar-refractivity contribution in [2.75, 3.05) is 10.6 Å². The summed E-state index contributed by atoms with van der Waals surface area (Å²) in [6.45, 7) is 0.818. The van der Waals surface area contributed by atoms with E-state index in [4.69, 9.17) is 5.73 Å². The Morgan fingerprint density at radius 3 is 2.25 bits per heavy atom. The van der Waals surface area contributed by atoms with E-state index in [-0.39, 0.29) is 24.6 Å². The lowest BCUT2D eigenvalue weighted by molar-refractivity contribution is 0.712. The molecule has 36 heavy (non-hydrogen) atoms. The number of pyridine rings is 1. The Hall–Kier alpha value is -5.03. The fraction of sp³-hybridized carbons (Fsp3) is 0.107. The Bertz CT molecular complexity index is 1680. The summed E-state index contributed by atoms with van der Waals surface area (Å²) < 4.78 is 3.25. The molecule has 2 aromatic carbocycles. The van der Waals surface area contributed by atoms with E-state index >= 15 is 0 Å². The Kier molecular flexibility index (Phi) is 6.12. The molecule has 0 aliphatic heterocycles. The SMILES string of the molecule is N#Cc1c(CN(Cc2ccccc2)c2c(N)n(Cc3ccccc3)c(=O)[nH]c2=O)cn2ccccc12. The molecule has 0 fully saturated rings. The van der Waals surface area contributed by atoms with Gasteiger partial charge in [0.05, 0.1) is 17.6 Å². The number of benzene rings is 2. The van der Waals surface area contributed by atoms with Gasteiger partial charge < -0.3 is 15.0 Å². The number of aromatic nitrogens is 3. The molecule has 0 bridgehead atoms. The summed E-state index contributed by atoms with van der Waals surface area (Å²) in [6, 6.07) is 27.1. The summed E-state index contributed by atoms with van der Waals surface area (Å²) in [7, 11) is 0. The van der Waals surface area contributed by atoms with Crippen LogP contribution < -0.4 is 21.9 Å². The predicted molar refractivity (Wildman–Crippen MR) is 140 cm³/mol. The molecule has 3 aromatic heterocycles. The number of fused-ring (bicyclic) bond motifs is 1. The molecule has 3 N–H and O–H groups in total. The van der Waals surface area contributed by atoms with Gasteiger partial charge >= 0.3 is 5.69 Å². The number of H-pyrrole nitrogens is 1. The number of nitriles is 1. The maximum Gasteiger partial charge on any atom is 0.330 e. The van der Waals surface area contributed by atoms with E-state index in [0.717, 1.165) is 22.2 Å². The van der Waals surface area contributed by atoms with Gasteiger partial charge in [0.1, 0.15) is 17.6 Å². The van der Waals surface area contributed by atoms with Gasteiger partial charge in [0.2, 0.25) is 0 Å². The molecule has 5 rings (SSSR count). The highest BCUT2D eigenvalue weighted by Crippen LogP contribution is 2.26. The number of hydrogen-bond acceptors (Lipinski definition) is 5. The third-order valence-corrected chi connectivity index (χ3v) is 6.17. The normalized spacial score (nSPS) is 10.9. The largest absolute Gasteiger partial charge is 0.383 e. The van der Waals surface area contributed by atoms with Crippen LogP contribution in [-0.2, 0) is 19.6 Å². The molecular formula is C28H24N6O2. The summed E-state index contributed by atoms with van der Waals surface area (Å²) >= 11 is 0. The van der Waals surface area contributed by atoms with Crippen molar-refractivity contribution in [3.05, 3.63) is 134 Å². The molecule has 0 saturated carbocycles. The van der Waals surface area contributed by atoms with E-state index in [1.165, 1.54) is 4.57 Å². The second-order valence-electron chi connectivity index (χ2n) is 8.54. The minimum atomic E-state index is -0.572. The lowest BCUT2D eigenvalue weighted by Gasteiger charge is -2.26. The van der Waals surface area contributed by atoms with Crippen LogP contribution >= 0.6 is 0 Å². The Morgan fingerprint density at radius 1 is 0.889 bits per heavy atom. The first-order chi connectivity index (χ1) is 17.5. The number of nitrogens with zero attached hydrogens (tertiary/aromatic N) is 4. The second-order valence-corrected chi connectivity index (χ2v) is 8.54. The maximum absolute atomic E-state index is 13.2. The number of nitrogen functional groups attached to an aromatic ring is 1. The Morgan fingerprint density at radius 2 is 1.56 bits per heavy atom. The number of aromatic amines is 1. The van der Waals surface area contributed by atoms with Gasteiger partial charge in [-0.15, -0.1) is 0 Å². The van der Waals surface area contributed by atoms with Crippen LogP contribution in [0.4, 0.5) is 11.5 Å². The molecule has 5 aromatic rings. The quantitative estimate of drug-likeness (QED) is 0.373. The van der Waals surface area contributed by atoms with Gasteiger partial charge in [0, 0.05) is 31.0 Å². The van der Waals surface area contributed by atoms with E-state index in [9.17, 15) is 14.9 Å². The summed E-state index contributed by atoms with van der Waals surface area (Å²) in [5.74, 6) is 0.0748. The summed E-state index contributed by atoms with van der Waals surface area (Å²) in [6.07, 6.45) is 3.76. The molecule has 0 spiro atoms. The number of nitrogens with two attached hydrogens (primary N) is 1. The summed E-state index contributed by atoms with van der Waals surface area (Å²) in [5, 5.41) is 9.91. The fourth-order valence-corrected chi connectivity index (χ4v) is 4.46. The van der Waals surface area contributed by atoms with Crippen LogP contribution in [0.25, 0.3) is 5.52 Å². The molecule has 0 saturated heterocycles. The van der Waals surface area contributed by atoms with Gasteiger partial charge in [0.25, 0.3) is 5.56 Å². The number of rotatable bonds is 7. The Balaban J connectivity index is 1.63. The highest BCUT2D eigenvalue weighted by Gasteiger charge is 2.22. The standard InChI is InChI=1S/C28H24N6O2/c29-15-23-22(18-32-14-8-7-13-24(23)32)19-33(16-20-9-3-1-4-10-20)25-26(30)34(28(36)31-27(25)35)17-21-11-5-2-6-12-21/h1-14,18H,16-17,19,30H2,(H,31,35,36). The van der Waals surface area contributed by atoms with Crippen molar-refractivity contribution < 1.29 is 0 Å². The number of hydrogen-bond donors (Lipinski definition) is 2. The predicted octanol–water partition coefficient (Wildman–Crippen LogP) is 3.50. The van der Waals surface area contributed by atoms with Crippen molar-refractivity contribution in [2.24, 2.45) is 0 Å². The molecule has 0 aliphatic rings.